The molecule has 1 aliphatic carbocycles. The number of amides is 1. The van der Waals surface area contributed by atoms with Crippen molar-refractivity contribution in [3.63, 3.8) is 0 Å². The lowest BCUT2D eigenvalue weighted by Crippen LogP contribution is -2.54. The fraction of sp³-hybridized carbons (Fsp3) is 0.588. The lowest BCUT2D eigenvalue weighted by molar-refractivity contribution is -0.142. The molecule has 20 heavy (non-hydrogen) atoms. The van der Waals surface area contributed by atoms with E-state index in [9.17, 15) is 9.90 Å². The summed E-state index contributed by atoms with van der Waals surface area (Å²) in [6.45, 7) is 1.45. The average Bonchev–Trinajstić information content (AvgIpc) is 2.47. The lowest BCUT2D eigenvalue weighted by Gasteiger charge is -2.47. The first-order valence-electron chi connectivity index (χ1n) is 7.71. The van der Waals surface area contributed by atoms with Gasteiger partial charge in [-0.05, 0) is 24.8 Å². The van der Waals surface area contributed by atoms with Crippen molar-refractivity contribution in [2.45, 2.75) is 44.1 Å². The van der Waals surface area contributed by atoms with Crippen LogP contribution < -0.4 is 0 Å². The molecule has 0 unspecified atom stereocenters. The maximum Gasteiger partial charge on any atom is 0.227 e. The second-order valence-electron chi connectivity index (χ2n) is 6.30. The summed E-state index contributed by atoms with van der Waals surface area (Å²) in [6, 6.07) is 9.91. The highest BCUT2D eigenvalue weighted by molar-refractivity contribution is 5.78. The van der Waals surface area contributed by atoms with Gasteiger partial charge in [0, 0.05) is 19.0 Å². The summed E-state index contributed by atoms with van der Waals surface area (Å²) in [7, 11) is 0. The molecule has 2 fully saturated rings. The van der Waals surface area contributed by atoms with E-state index in [0.29, 0.717) is 13.0 Å². The molecule has 1 N–H and O–H groups in total. The summed E-state index contributed by atoms with van der Waals surface area (Å²) >= 11 is 0. The van der Waals surface area contributed by atoms with E-state index in [2.05, 4.69) is 0 Å². The smallest absolute Gasteiger partial charge is 0.227 e. The standard InChI is InChI=1S/C17H23NO2/c19-16(12-14-6-2-1-3-7-14)18-11-10-17(20)9-5-4-8-15(17)13-18/h1-3,6-7,15,20H,4-5,8-13H2/t15-,17-/m1/s1. The molecule has 3 heteroatoms. The SMILES string of the molecule is O=C(Cc1ccccc1)N1CC[C@]2(O)CCCC[C@@H]2C1. The maximum atomic E-state index is 12.4. The normalized spacial score (nSPS) is 29.9. The molecule has 2 aliphatic rings. The molecule has 0 bridgehead atoms. The van der Waals surface area contributed by atoms with Gasteiger partial charge in [0.2, 0.25) is 5.91 Å². The van der Waals surface area contributed by atoms with Crippen molar-refractivity contribution in [3.8, 4) is 0 Å². The third-order valence-electron chi connectivity index (χ3n) is 4.98. The Morgan fingerprint density at radius 3 is 2.85 bits per heavy atom. The Morgan fingerprint density at radius 2 is 2.05 bits per heavy atom. The summed E-state index contributed by atoms with van der Waals surface area (Å²) < 4.78 is 0. The average molecular weight is 273 g/mol. The molecule has 1 saturated carbocycles. The first-order chi connectivity index (χ1) is 9.67. The highest BCUT2D eigenvalue weighted by Crippen LogP contribution is 2.39. The Hall–Kier alpha value is -1.35. The van der Waals surface area contributed by atoms with Crippen LogP contribution in [0.1, 0.15) is 37.7 Å². The molecule has 2 atom stereocenters. The molecule has 0 spiro atoms. The number of piperidine rings is 1. The van der Waals surface area contributed by atoms with Gasteiger partial charge < -0.3 is 10.0 Å². The van der Waals surface area contributed by atoms with Gasteiger partial charge in [0.25, 0.3) is 0 Å². The van der Waals surface area contributed by atoms with E-state index in [4.69, 9.17) is 0 Å². The molecule has 3 nitrogen and oxygen atoms in total. The monoisotopic (exact) mass is 273 g/mol. The molecular weight excluding hydrogens is 250 g/mol. The van der Waals surface area contributed by atoms with Crippen molar-refractivity contribution in [1.82, 2.24) is 4.90 Å². The largest absolute Gasteiger partial charge is 0.389 e. The second-order valence-corrected chi connectivity index (χ2v) is 6.30. The number of fused-ring (bicyclic) bond motifs is 1. The first-order valence-corrected chi connectivity index (χ1v) is 7.71. The van der Waals surface area contributed by atoms with Crippen LogP contribution in [0, 0.1) is 5.92 Å². The minimum absolute atomic E-state index is 0.198. The highest BCUT2D eigenvalue weighted by atomic mass is 16.3. The van der Waals surface area contributed by atoms with Crippen LogP contribution in [0.5, 0.6) is 0 Å². The Balaban J connectivity index is 1.63. The van der Waals surface area contributed by atoms with E-state index in [1.165, 1.54) is 6.42 Å². The van der Waals surface area contributed by atoms with Crippen LogP contribution >= 0.6 is 0 Å². The molecule has 108 valence electrons. The van der Waals surface area contributed by atoms with Crippen LogP contribution in [0.25, 0.3) is 0 Å². The minimum Gasteiger partial charge on any atom is -0.389 e. The number of aliphatic hydroxyl groups is 1. The van der Waals surface area contributed by atoms with E-state index < -0.39 is 5.60 Å². The summed E-state index contributed by atoms with van der Waals surface area (Å²) in [4.78, 5) is 14.3. The molecule has 1 saturated heterocycles. The van der Waals surface area contributed by atoms with Crippen molar-refractivity contribution in [3.05, 3.63) is 35.9 Å². The van der Waals surface area contributed by atoms with Crippen LogP contribution in [-0.4, -0.2) is 34.6 Å². The first kappa shape index (κ1) is 13.6. The van der Waals surface area contributed by atoms with E-state index in [0.717, 1.165) is 37.8 Å². The Labute approximate surface area is 120 Å². The van der Waals surface area contributed by atoms with Gasteiger partial charge in [-0.15, -0.1) is 0 Å². The van der Waals surface area contributed by atoms with Crippen LogP contribution in [0.15, 0.2) is 30.3 Å². The molecule has 1 aromatic rings. The molecule has 1 aliphatic heterocycles. The van der Waals surface area contributed by atoms with Crippen LogP contribution in [0.4, 0.5) is 0 Å². The van der Waals surface area contributed by atoms with Gasteiger partial charge in [0.05, 0.1) is 12.0 Å². The maximum absolute atomic E-state index is 12.4. The van der Waals surface area contributed by atoms with Gasteiger partial charge in [0.1, 0.15) is 0 Å². The summed E-state index contributed by atoms with van der Waals surface area (Å²) in [5, 5.41) is 10.6. The number of nitrogens with zero attached hydrogens (tertiary/aromatic N) is 1. The van der Waals surface area contributed by atoms with Crippen molar-refractivity contribution in [2.75, 3.05) is 13.1 Å². The third kappa shape index (κ3) is 2.73. The van der Waals surface area contributed by atoms with Crippen molar-refractivity contribution >= 4 is 5.91 Å². The quantitative estimate of drug-likeness (QED) is 0.899. The topological polar surface area (TPSA) is 40.5 Å². The Bertz CT molecular complexity index is 473. The molecule has 1 amide bonds. The van der Waals surface area contributed by atoms with E-state index >= 15 is 0 Å². The lowest BCUT2D eigenvalue weighted by atomic mass is 9.71. The van der Waals surface area contributed by atoms with E-state index in [1.54, 1.807) is 0 Å². The molecule has 1 heterocycles. The third-order valence-corrected chi connectivity index (χ3v) is 4.98. The number of benzene rings is 1. The predicted octanol–water partition coefficient (Wildman–Crippen LogP) is 2.38. The van der Waals surface area contributed by atoms with Crippen molar-refractivity contribution in [1.29, 1.82) is 0 Å². The van der Waals surface area contributed by atoms with Crippen LogP contribution in [0.3, 0.4) is 0 Å². The van der Waals surface area contributed by atoms with Gasteiger partial charge in [-0.3, -0.25) is 4.79 Å². The molecule has 3 rings (SSSR count). The zero-order valence-electron chi connectivity index (χ0n) is 11.9. The van der Waals surface area contributed by atoms with Gasteiger partial charge in [0.15, 0.2) is 0 Å². The molecular formula is C17H23NO2. The summed E-state index contributed by atoms with van der Waals surface area (Å²) in [5.41, 5.74) is 0.573. The fourth-order valence-electron chi connectivity index (χ4n) is 3.68. The summed E-state index contributed by atoms with van der Waals surface area (Å²) in [6.07, 6.45) is 5.52. The number of rotatable bonds is 2. The number of hydrogen-bond donors (Lipinski definition) is 1. The predicted molar refractivity (Wildman–Crippen MR) is 78.3 cm³/mol. The fourth-order valence-corrected chi connectivity index (χ4v) is 3.68. The van der Waals surface area contributed by atoms with Gasteiger partial charge in [-0.25, -0.2) is 0 Å². The number of carbonyl (C=O) groups is 1. The molecule has 0 radical (unpaired) electrons. The van der Waals surface area contributed by atoms with Gasteiger partial charge >= 0.3 is 0 Å². The second kappa shape index (κ2) is 5.57. The zero-order chi connectivity index (χ0) is 14.0. The van der Waals surface area contributed by atoms with Crippen LogP contribution in [-0.2, 0) is 11.2 Å². The van der Waals surface area contributed by atoms with Gasteiger partial charge in [-0.2, -0.15) is 0 Å². The summed E-state index contributed by atoms with van der Waals surface area (Å²) in [5.74, 6) is 0.480. The molecule has 1 aromatic carbocycles. The highest BCUT2D eigenvalue weighted by Gasteiger charge is 2.43. The number of hydrogen-bond acceptors (Lipinski definition) is 2. The van der Waals surface area contributed by atoms with Crippen molar-refractivity contribution in [2.24, 2.45) is 5.92 Å². The van der Waals surface area contributed by atoms with Gasteiger partial charge in [-0.1, -0.05) is 43.2 Å². The van der Waals surface area contributed by atoms with Crippen molar-refractivity contribution < 1.29 is 9.90 Å². The Kier molecular flexibility index (Phi) is 3.79. The minimum atomic E-state index is -0.498. The number of carbonyl (C=O) groups excluding carboxylic acids is 1. The van der Waals surface area contributed by atoms with E-state index in [1.807, 2.05) is 35.2 Å². The van der Waals surface area contributed by atoms with Crippen LogP contribution in [0.2, 0.25) is 0 Å². The molecule has 0 aromatic heterocycles. The number of likely N-dealkylation sites (tertiary alicyclic amines) is 1. The Morgan fingerprint density at radius 1 is 1.25 bits per heavy atom. The van der Waals surface area contributed by atoms with E-state index in [-0.39, 0.29) is 11.8 Å². The zero-order valence-corrected chi connectivity index (χ0v) is 11.9.